The van der Waals surface area contributed by atoms with E-state index in [1.807, 2.05) is 6.07 Å². The van der Waals surface area contributed by atoms with Crippen molar-refractivity contribution in [3.05, 3.63) is 35.5 Å². The lowest BCUT2D eigenvalue weighted by Crippen LogP contribution is -2.10. The third-order valence-corrected chi connectivity index (χ3v) is 2.82. The SMILES string of the molecule is CC[C@H](N)c1[nH]c2ccccc2c1C. The second-order valence-electron chi connectivity index (χ2n) is 3.72. The highest BCUT2D eigenvalue weighted by atomic mass is 14.8. The zero-order chi connectivity index (χ0) is 10.1. The van der Waals surface area contributed by atoms with E-state index in [0.717, 1.165) is 6.42 Å². The van der Waals surface area contributed by atoms with E-state index >= 15 is 0 Å². The molecule has 2 rings (SSSR count). The summed E-state index contributed by atoms with van der Waals surface area (Å²) in [7, 11) is 0. The first kappa shape index (κ1) is 9.28. The van der Waals surface area contributed by atoms with E-state index in [1.54, 1.807) is 0 Å². The van der Waals surface area contributed by atoms with Crippen LogP contribution in [0.2, 0.25) is 0 Å². The fourth-order valence-electron chi connectivity index (χ4n) is 1.88. The summed E-state index contributed by atoms with van der Waals surface area (Å²) >= 11 is 0. The van der Waals surface area contributed by atoms with E-state index in [4.69, 9.17) is 5.73 Å². The second-order valence-corrected chi connectivity index (χ2v) is 3.72. The van der Waals surface area contributed by atoms with E-state index in [1.165, 1.54) is 22.2 Å². The highest BCUT2D eigenvalue weighted by molar-refractivity contribution is 5.84. The Morgan fingerprint density at radius 2 is 2.07 bits per heavy atom. The van der Waals surface area contributed by atoms with Gasteiger partial charge in [0.2, 0.25) is 0 Å². The number of benzene rings is 1. The van der Waals surface area contributed by atoms with Crippen LogP contribution in [0.3, 0.4) is 0 Å². The van der Waals surface area contributed by atoms with Crippen molar-refractivity contribution in [2.45, 2.75) is 26.3 Å². The summed E-state index contributed by atoms with van der Waals surface area (Å²) in [4.78, 5) is 3.39. The minimum absolute atomic E-state index is 0.127. The smallest absolute Gasteiger partial charge is 0.0459 e. The minimum atomic E-state index is 0.127. The van der Waals surface area contributed by atoms with Crippen molar-refractivity contribution in [2.24, 2.45) is 5.73 Å². The molecule has 0 saturated heterocycles. The van der Waals surface area contributed by atoms with Crippen LogP contribution in [0.15, 0.2) is 24.3 Å². The maximum absolute atomic E-state index is 6.03. The van der Waals surface area contributed by atoms with Crippen LogP contribution < -0.4 is 5.73 Å². The van der Waals surface area contributed by atoms with E-state index < -0.39 is 0 Å². The molecular formula is C12H16N2. The molecule has 2 heteroatoms. The first-order valence-corrected chi connectivity index (χ1v) is 5.06. The number of para-hydroxylation sites is 1. The Hall–Kier alpha value is -1.28. The summed E-state index contributed by atoms with van der Waals surface area (Å²) in [5.41, 5.74) is 9.67. The van der Waals surface area contributed by atoms with Gasteiger partial charge in [0.05, 0.1) is 0 Å². The molecule has 2 aromatic rings. The lowest BCUT2D eigenvalue weighted by Gasteiger charge is -2.07. The van der Waals surface area contributed by atoms with Gasteiger partial charge in [0.1, 0.15) is 0 Å². The van der Waals surface area contributed by atoms with Crippen molar-refractivity contribution in [1.82, 2.24) is 4.98 Å². The molecule has 0 fully saturated rings. The summed E-state index contributed by atoms with van der Waals surface area (Å²) in [5.74, 6) is 0. The number of rotatable bonds is 2. The van der Waals surface area contributed by atoms with Crippen LogP contribution in [-0.2, 0) is 0 Å². The van der Waals surface area contributed by atoms with Crippen molar-refractivity contribution in [1.29, 1.82) is 0 Å². The maximum Gasteiger partial charge on any atom is 0.0459 e. The molecule has 1 aromatic carbocycles. The number of fused-ring (bicyclic) bond motifs is 1. The molecule has 1 heterocycles. The Balaban J connectivity index is 2.62. The number of H-pyrrole nitrogens is 1. The molecule has 74 valence electrons. The van der Waals surface area contributed by atoms with Crippen molar-refractivity contribution < 1.29 is 0 Å². The molecule has 0 spiro atoms. The number of hydrogen-bond donors (Lipinski definition) is 2. The molecule has 14 heavy (non-hydrogen) atoms. The Morgan fingerprint density at radius 1 is 1.36 bits per heavy atom. The summed E-state index contributed by atoms with van der Waals surface area (Å²) in [6, 6.07) is 8.45. The monoisotopic (exact) mass is 188 g/mol. The summed E-state index contributed by atoms with van der Waals surface area (Å²) in [5, 5.41) is 1.28. The third-order valence-electron chi connectivity index (χ3n) is 2.82. The Labute approximate surface area is 84.1 Å². The first-order valence-electron chi connectivity index (χ1n) is 5.06. The van der Waals surface area contributed by atoms with Crippen LogP contribution in [0.5, 0.6) is 0 Å². The average Bonchev–Trinajstić information content (AvgIpc) is 2.56. The predicted octanol–water partition coefficient (Wildman–Crippen LogP) is 2.89. The van der Waals surface area contributed by atoms with E-state index in [-0.39, 0.29) is 6.04 Å². The number of nitrogens with two attached hydrogens (primary N) is 1. The quantitative estimate of drug-likeness (QED) is 0.747. The molecule has 3 N–H and O–H groups in total. The summed E-state index contributed by atoms with van der Waals surface area (Å²) in [6.07, 6.45) is 0.966. The van der Waals surface area contributed by atoms with E-state index in [2.05, 4.69) is 37.0 Å². The van der Waals surface area contributed by atoms with Gasteiger partial charge in [0.15, 0.2) is 0 Å². The topological polar surface area (TPSA) is 41.8 Å². The van der Waals surface area contributed by atoms with Gasteiger partial charge >= 0.3 is 0 Å². The summed E-state index contributed by atoms with van der Waals surface area (Å²) < 4.78 is 0. The lowest BCUT2D eigenvalue weighted by molar-refractivity contribution is 0.677. The Bertz CT molecular complexity index is 443. The standard InChI is InChI=1S/C12H16N2/c1-3-10(13)12-8(2)9-6-4-5-7-11(9)14-12/h4-7,10,14H,3,13H2,1-2H3/t10-/m0/s1. The van der Waals surface area contributed by atoms with Gasteiger partial charge in [-0.05, 0) is 25.0 Å². The van der Waals surface area contributed by atoms with Gasteiger partial charge in [0, 0.05) is 22.6 Å². The normalized spacial score (nSPS) is 13.4. The zero-order valence-electron chi connectivity index (χ0n) is 8.67. The second kappa shape index (κ2) is 3.46. The zero-order valence-corrected chi connectivity index (χ0v) is 8.67. The van der Waals surface area contributed by atoms with Gasteiger partial charge in [-0.25, -0.2) is 0 Å². The fourth-order valence-corrected chi connectivity index (χ4v) is 1.88. The van der Waals surface area contributed by atoms with Crippen LogP contribution in [0.25, 0.3) is 10.9 Å². The van der Waals surface area contributed by atoms with Crippen LogP contribution in [0.4, 0.5) is 0 Å². The fraction of sp³-hybridized carbons (Fsp3) is 0.333. The number of aromatic nitrogens is 1. The Kier molecular flexibility index (Phi) is 2.30. The third kappa shape index (κ3) is 1.32. The van der Waals surface area contributed by atoms with Gasteiger partial charge in [-0.3, -0.25) is 0 Å². The largest absolute Gasteiger partial charge is 0.357 e. The molecule has 0 aliphatic carbocycles. The van der Waals surface area contributed by atoms with Crippen molar-refractivity contribution in [3.63, 3.8) is 0 Å². The van der Waals surface area contributed by atoms with Gasteiger partial charge in [-0.2, -0.15) is 0 Å². The molecule has 0 amide bonds. The summed E-state index contributed by atoms with van der Waals surface area (Å²) in [6.45, 7) is 4.24. The molecule has 2 nitrogen and oxygen atoms in total. The molecule has 0 unspecified atom stereocenters. The van der Waals surface area contributed by atoms with Gasteiger partial charge < -0.3 is 10.7 Å². The number of nitrogens with one attached hydrogen (secondary N) is 1. The highest BCUT2D eigenvalue weighted by Gasteiger charge is 2.11. The van der Waals surface area contributed by atoms with Crippen LogP contribution >= 0.6 is 0 Å². The van der Waals surface area contributed by atoms with E-state index in [0.29, 0.717) is 0 Å². The molecule has 0 radical (unpaired) electrons. The average molecular weight is 188 g/mol. The number of hydrogen-bond acceptors (Lipinski definition) is 1. The molecule has 0 saturated carbocycles. The van der Waals surface area contributed by atoms with Gasteiger partial charge in [-0.1, -0.05) is 25.1 Å². The minimum Gasteiger partial charge on any atom is -0.357 e. The molecule has 0 aliphatic rings. The highest BCUT2D eigenvalue weighted by Crippen LogP contribution is 2.25. The molecule has 1 aromatic heterocycles. The van der Waals surface area contributed by atoms with Crippen LogP contribution in [0.1, 0.15) is 30.6 Å². The van der Waals surface area contributed by atoms with Crippen molar-refractivity contribution >= 4 is 10.9 Å². The Morgan fingerprint density at radius 3 is 2.71 bits per heavy atom. The predicted molar refractivity (Wildman–Crippen MR) is 60.3 cm³/mol. The first-order chi connectivity index (χ1) is 6.74. The van der Waals surface area contributed by atoms with Crippen molar-refractivity contribution in [3.8, 4) is 0 Å². The van der Waals surface area contributed by atoms with Crippen LogP contribution in [-0.4, -0.2) is 4.98 Å². The number of aryl methyl sites for hydroxylation is 1. The molecule has 0 aliphatic heterocycles. The van der Waals surface area contributed by atoms with Crippen LogP contribution in [0, 0.1) is 6.92 Å². The van der Waals surface area contributed by atoms with E-state index in [9.17, 15) is 0 Å². The van der Waals surface area contributed by atoms with Crippen molar-refractivity contribution in [2.75, 3.05) is 0 Å². The molecular weight excluding hydrogens is 172 g/mol. The van der Waals surface area contributed by atoms with Gasteiger partial charge in [-0.15, -0.1) is 0 Å². The lowest BCUT2D eigenvalue weighted by atomic mass is 10.1. The van der Waals surface area contributed by atoms with Gasteiger partial charge in [0.25, 0.3) is 0 Å². The number of aromatic amines is 1. The molecule has 0 bridgehead atoms. The molecule has 1 atom stereocenters. The maximum atomic E-state index is 6.03.